The van der Waals surface area contributed by atoms with Crippen LogP contribution in [0.25, 0.3) is 5.57 Å². The van der Waals surface area contributed by atoms with Gasteiger partial charge in [0.25, 0.3) is 0 Å². The minimum Gasteiger partial charge on any atom is -0.467 e. The standard InChI is InChI=1S/C29H27NO4S/c1-3-33-29(31)27(26(22-11-6-4-7-12-22)23-13-8-5-9-14-23)28(25-15-10-20-34-25)30-35(32)24-18-16-21(2)17-19-24/h4-20,28,30H,3H2,1-2H3/t28-,35?/m0/s1. The van der Waals surface area contributed by atoms with Gasteiger partial charge in [0, 0.05) is 5.57 Å². The van der Waals surface area contributed by atoms with Gasteiger partial charge in [-0.05, 0) is 49.2 Å². The molecule has 0 spiro atoms. The van der Waals surface area contributed by atoms with Crippen LogP contribution in [0.5, 0.6) is 0 Å². The molecule has 0 aliphatic heterocycles. The highest BCUT2D eigenvalue weighted by molar-refractivity contribution is 7.83. The molecule has 178 valence electrons. The van der Waals surface area contributed by atoms with Gasteiger partial charge >= 0.3 is 5.97 Å². The smallest absolute Gasteiger partial charge is 0.336 e. The molecule has 1 aromatic heterocycles. The van der Waals surface area contributed by atoms with E-state index in [2.05, 4.69) is 4.72 Å². The van der Waals surface area contributed by atoms with Crippen LogP contribution in [0.3, 0.4) is 0 Å². The predicted octanol–water partition coefficient (Wildman–Crippen LogP) is 6.01. The van der Waals surface area contributed by atoms with E-state index in [9.17, 15) is 9.00 Å². The highest BCUT2D eigenvalue weighted by Gasteiger charge is 2.32. The number of hydrogen-bond acceptors (Lipinski definition) is 4. The lowest BCUT2D eigenvalue weighted by Gasteiger charge is -2.23. The van der Waals surface area contributed by atoms with Gasteiger partial charge in [-0.25, -0.2) is 13.7 Å². The first-order chi connectivity index (χ1) is 17.1. The van der Waals surface area contributed by atoms with Crippen molar-refractivity contribution >= 4 is 22.5 Å². The Hall–Kier alpha value is -3.74. The molecular weight excluding hydrogens is 458 g/mol. The third-order valence-corrected chi connectivity index (χ3v) is 6.62. The maximum atomic E-state index is 13.6. The topological polar surface area (TPSA) is 68.5 Å². The minimum absolute atomic E-state index is 0.200. The first-order valence-corrected chi connectivity index (χ1v) is 12.5. The van der Waals surface area contributed by atoms with Crippen LogP contribution in [0, 0.1) is 6.92 Å². The predicted molar refractivity (Wildman–Crippen MR) is 138 cm³/mol. The fourth-order valence-corrected chi connectivity index (χ4v) is 4.78. The number of furan rings is 1. The van der Waals surface area contributed by atoms with Gasteiger partial charge < -0.3 is 9.15 Å². The molecule has 0 bridgehead atoms. The summed E-state index contributed by atoms with van der Waals surface area (Å²) in [5.41, 5.74) is 3.73. The zero-order chi connectivity index (χ0) is 24.6. The van der Waals surface area contributed by atoms with Crippen molar-refractivity contribution < 1.29 is 18.2 Å². The maximum Gasteiger partial charge on any atom is 0.336 e. The molecule has 3 aromatic carbocycles. The van der Waals surface area contributed by atoms with Gasteiger partial charge in [0.05, 0.1) is 23.3 Å². The molecule has 6 heteroatoms. The molecule has 0 saturated heterocycles. The Bertz CT molecular complexity index is 1260. The van der Waals surface area contributed by atoms with Crippen molar-refractivity contribution in [2.45, 2.75) is 24.8 Å². The molecule has 5 nitrogen and oxygen atoms in total. The van der Waals surface area contributed by atoms with E-state index in [1.54, 1.807) is 31.2 Å². The second kappa shape index (κ2) is 11.6. The third kappa shape index (κ3) is 5.85. The Morgan fingerprint density at radius 3 is 2.00 bits per heavy atom. The normalized spacial score (nSPS) is 12.5. The van der Waals surface area contributed by atoms with Crippen LogP contribution in [0.2, 0.25) is 0 Å². The van der Waals surface area contributed by atoms with Crippen molar-refractivity contribution in [1.29, 1.82) is 0 Å². The largest absolute Gasteiger partial charge is 0.467 e. The van der Waals surface area contributed by atoms with Crippen molar-refractivity contribution in [2.24, 2.45) is 0 Å². The zero-order valence-electron chi connectivity index (χ0n) is 19.6. The third-order valence-electron chi connectivity index (χ3n) is 5.47. The average Bonchev–Trinajstić information content (AvgIpc) is 3.42. The molecule has 35 heavy (non-hydrogen) atoms. The maximum absolute atomic E-state index is 13.6. The lowest BCUT2D eigenvalue weighted by molar-refractivity contribution is -0.138. The van der Waals surface area contributed by atoms with E-state index in [0.717, 1.165) is 16.7 Å². The van der Waals surface area contributed by atoms with Crippen LogP contribution >= 0.6 is 0 Å². The van der Waals surface area contributed by atoms with E-state index in [-0.39, 0.29) is 6.61 Å². The molecule has 0 aliphatic rings. The van der Waals surface area contributed by atoms with Gasteiger partial charge in [-0.3, -0.25) is 0 Å². The summed E-state index contributed by atoms with van der Waals surface area (Å²) in [7, 11) is -1.63. The first kappa shape index (κ1) is 24.4. The molecule has 1 N–H and O–H groups in total. The van der Waals surface area contributed by atoms with E-state index >= 15 is 0 Å². The summed E-state index contributed by atoms with van der Waals surface area (Å²) in [6.45, 7) is 3.94. The van der Waals surface area contributed by atoms with Gasteiger partial charge in [-0.1, -0.05) is 78.4 Å². The Balaban J connectivity index is 1.94. The van der Waals surface area contributed by atoms with Gasteiger partial charge in [-0.15, -0.1) is 0 Å². The first-order valence-electron chi connectivity index (χ1n) is 11.4. The number of ether oxygens (including phenoxy) is 1. The number of benzene rings is 3. The summed E-state index contributed by atoms with van der Waals surface area (Å²) in [5, 5.41) is 0. The van der Waals surface area contributed by atoms with Crippen LogP contribution in [0.15, 0.2) is 118 Å². The summed E-state index contributed by atoms with van der Waals surface area (Å²) in [5.74, 6) is -0.0529. The van der Waals surface area contributed by atoms with E-state index in [0.29, 0.717) is 21.8 Å². The van der Waals surface area contributed by atoms with Crippen molar-refractivity contribution in [1.82, 2.24) is 4.72 Å². The van der Waals surface area contributed by atoms with Crippen LogP contribution in [-0.2, 0) is 20.5 Å². The number of rotatable bonds is 9. The van der Waals surface area contributed by atoms with Gasteiger partial charge in [0.2, 0.25) is 0 Å². The summed E-state index contributed by atoms with van der Waals surface area (Å²) in [4.78, 5) is 14.2. The minimum atomic E-state index is -1.63. The SMILES string of the molecule is CCOC(=O)C(=C(c1ccccc1)c1ccccc1)[C@@H](NS(=O)c1ccc(C)cc1)c1ccco1. The number of esters is 1. The van der Waals surface area contributed by atoms with Gasteiger partial charge in [-0.2, -0.15) is 0 Å². The van der Waals surface area contributed by atoms with Crippen LogP contribution in [0.4, 0.5) is 0 Å². The molecule has 1 heterocycles. The Morgan fingerprint density at radius 2 is 1.49 bits per heavy atom. The van der Waals surface area contributed by atoms with Crippen molar-refractivity contribution in [2.75, 3.05) is 6.61 Å². The summed E-state index contributed by atoms with van der Waals surface area (Å²) >= 11 is 0. The number of carbonyl (C=O) groups is 1. The molecule has 0 aliphatic carbocycles. The molecule has 0 fully saturated rings. The lowest BCUT2D eigenvalue weighted by atomic mass is 9.89. The second-order valence-electron chi connectivity index (χ2n) is 7.89. The fraction of sp³-hybridized carbons (Fsp3) is 0.138. The Kier molecular flexibility index (Phi) is 8.08. The Labute approximate surface area is 208 Å². The monoisotopic (exact) mass is 485 g/mol. The van der Waals surface area contributed by atoms with Crippen molar-refractivity contribution in [3.05, 3.63) is 131 Å². The van der Waals surface area contributed by atoms with Gasteiger partial charge in [0.15, 0.2) is 0 Å². The fourth-order valence-electron chi connectivity index (χ4n) is 3.81. The molecule has 0 radical (unpaired) electrons. The highest BCUT2D eigenvalue weighted by atomic mass is 32.2. The molecular formula is C29H27NO4S. The van der Waals surface area contributed by atoms with Crippen LogP contribution < -0.4 is 4.72 Å². The molecule has 2 atom stereocenters. The zero-order valence-corrected chi connectivity index (χ0v) is 20.5. The number of carbonyl (C=O) groups excluding carboxylic acids is 1. The Morgan fingerprint density at radius 1 is 0.886 bits per heavy atom. The van der Waals surface area contributed by atoms with E-state index < -0.39 is 23.0 Å². The number of nitrogens with one attached hydrogen (secondary N) is 1. The summed E-state index contributed by atoms with van der Waals surface area (Å²) in [6.07, 6.45) is 1.53. The summed E-state index contributed by atoms with van der Waals surface area (Å²) in [6, 6.07) is 29.4. The van der Waals surface area contributed by atoms with Crippen LogP contribution in [0.1, 0.15) is 35.4 Å². The van der Waals surface area contributed by atoms with Crippen molar-refractivity contribution in [3.63, 3.8) is 0 Å². The molecule has 4 rings (SSSR count). The van der Waals surface area contributed by atoms with E-state index in [1.807, 2.05) is 79.7 Å². The molecule has 4 aromatic rings. The quantitative estimate of drug-likeness (QED) is 0.233. The number of hydrogen-bond donors (Lipinski definition) is 1. The molecule has 0 saturated carbocycles. The summed E-state index contributed by atoms with van der Waals surface area (Å²) < 4.78 is 27.8. The highest BCUT2D eigenvalue weighted by Crippen LogP contribution is 2.35. The second-order valence-corrected chi connectivity index (χ2v) is 9.13. The van der Waals surface area contributed by atoms with E-state index in [4.69, 9.17) is 9.15 Å². The average molecular weight is 486 g/mol. The molecule has 1 unspecified atom stereocenters. The van der Waals surface area contributed by atoms with E-state index in [1.165, 1.54) is 6.26 Å². The molecule has 0 amide bonds. The van der Waals surface area contributed by atoms with Crippen LogP contribution in [-0.4, -0.2) is 16.8 Å². The lowest BCUT2D eigenvalue weighted by Crippen LogP contribution is -2.30. The van der Waals surface area contributed by atoms with Gasteiger partial charge in [0.1, 0.15) is 22.8 Å². The van der Waals surface area contributed by atoms with Crippen molar-refractivity contribution in [3.8, 4) is 0 Å². The number of aryl methyl sites for hydroxylation is 1.